The van der Waals surface area contributed by atoms with Crippen molar-refractivity contribution in [1.82, 2.24) is 0 Å². The molecule has 0 spiro atoms. The molecule has 0 aliphatic heterocycles. The Morgan fingerprint density at radius 3 is 2.22 bits per heavy atom. The summed E-state index contributed by atoms with van der Waals surface area (Å²) in [4.78, 5) is 1.29. The van der Waals surface area contributed by atoms with Gasteiger partial charge in [-0.25, -0.2) is 0 Å². The molecule has 0 saturated carbocycles. The minimum atomic E-state index is 1.08. The Balaban J connectivity index is 2.88. The zero-order valence-corrected chi connectivity index (χ0v) is 6.24. The highest BCUT2D eigenvalue weighted by molar-refractivity contribution is 7.98. The van der Waals surface area contributed by atoms with Gasteiger partial charge in [-0.2, -0.15) is 0 Å². The maximum absolute atomic E-state index is 3.79. The minimum Gasteiger partial charge on any atom is -0.130 e. The number of rotatable bonds is 1. The first-order valence-electron chi connectivity index (χ1n) is 2.79. The zero-order valence-electron chi connectivity index (χ0n) is 5.42. The predicted molar refractivity (Wildman–Crippen MR) is 42.7 cm³/mol. The van der Waals surface area contributed by atoms with Crippen LogP contribution in [0, 0.1) is 6.92 Å². The van der Waals surface area contributed by atoms with Crippen LogP contribution in [0.3, 0.4) is 0 Å². The van der Waals surface area contributed by atoms with E-state index in [1.165, 1.54) is 4.90 Å². The lowest BCUT2D eigenvalue weighted by molar-refractivity contribution is 1.44. The van der Waals surface area contributed by atoms with Crippen molar-refractivity contribution >= 4 is 11.8 Å². The molecule has 0 aliphatic carbocycles. The van der Waals surface area contributed by atoms with Gasteiger partial charge in [-0.1, -0.05) is 12.1 Å². The molecule has 47 valence electrons. The molecule has 1 radical (unpaired) electrons. The van der Waals surface area contributed by atoms with Crippen LogP contribution in [0.1, 0.15) is 5.56 Å². The lowest BCUT2D eigenvalue weighted by Gasteiger charge is -1.93. The molecule has 0 amide bonds. The molecule has 0 fully saturated rings. The molecular formula is C8H9S. The molecule has 0 unspecified atom stereocenters. The Labute approximate surface area is 60.3 Å². The number of hydrogen-bond acceptors (Lipinski definition) is 1. The molecule has 0 bridgehead atoms. The van der Waals surface area contributed by atoms with Crippen LogP contribution in [-0.4, -0.2) is 6.26 Å². The average Bonchev–Trinajstić information content (AvgIpc) is 1.90. The third-order valence-corrected chi connectivity index (χ3v) is 1.90. The molecule has 0 aromatic heterocycles. The fourth-order valence-corrected chi connectivity index (χ4v) is 1.03. The molecule has 0 N–H and O–H groups in total. The second kappa shape index (κ2) is 2.92. The van der Waals surface area contributed by atoms with Crippen LogP contribution in [0.5, 0.6) is 0 Å². The van der Waals surface area contributed by atoms with E-state index in [4.69, 9.17) is 0 Å². The Morgan fingerprint density at radius 2 is 1.78 bits per heavy atom. The van der Waals surface area contributed by atoms with E-state index in [-0.39, 0.29) is 0 Å². The lowest BCUT2D eigenvalue weighted by atomic mass is 10.2. The third kappa shape index (κ3) is 1.75. The van der Waals surface area contributed by atoms with Gasteiger partial charge < -0.3 is 0 Å². The maximum Gasteiger partial charge on any atom is 0.00693 e. The van der Waals surface area contributed by atoms with Crippen molar-refractivity contribution in [2.24, 2.45) is 0 Å². The van der Waals surface area contributed by atoms with E-state index in [0.717, 1.165) is 5.56 Å². The highest BCUT2D eigenvalue weighted by Crippen LogP contribution is 2.13. The van der Waals surface area contributed by atoms with Crippen molar-refractivity contribution in [3.8, 4) is 0 Å². The normalized spacial score (nSPS) is 9.56. The average molecular weight is 137 g/mol. The molecule has 0 atom stereocenters. The summed E-state index contributed by atoms with van der Waals surface area (Å²) >= 11 is 1.75. The summed E-state index contributed by atoms with van der Waals surface area (Å²) in [5.74, 6) is 0. The first-order valence-corrected chi connectivity index (χ1v) is 4.01. The second-order valence-electron chi connectivity index (χ2n) is 1.85. The van der Waals surface area contributed by atoms with Crippen LogP contribution in [0.2, 0.25) is 0 Å². The molecule has 0 saturated heterocycles. The van der Waals surface area contributed by atoms with Crippen LogP contribution in [0.15, 0.2) is 29.2 Å². The first kappa shape index (κ1) is 6.69. The Bertz CT molecular complexity index is 176. The quantitative estimate of drug-likeness (QED) is 0.536. The highest BCUT2D eigenvalue weighted by Gasteiger charge is 1.85. The van der Waals surface area contributed by atoms with Crippen molar-refractivity contribution in [3.63, 3.8) is 0 Å². The smallest absolute Gasteiger partial charge is 0.00693 e. The summed E-state index contributed by atoms with van der Waals surface area (Å²) in [6, 6.07) is 8.19. The number of thioether (sulfide) groups is 1. The molecule has 1 aromatic rings. The molecule has 0 nitrogen and oxygen atoms in total. The van der Waals surface area contributed by atoms with E-state index in [1.807, 2.05) is 12.1 Å². The largest absolute Gasteiger partial charge is 0.130 e. The van der Waals surface area contributed by atoms with Gasteiger partial charge >= 0.3 is 0 Å². The minimum absolute atomic E-state index is 1.08. The van der Waals surface area contributed by atoms with Crippen molar-refractivity contribution in [3.05, 3.63) is 36.8 Å². The van der Waals surface area contributed by atoms with Gasteiger partial charge in [0.25, 0.3) is 0 Å². The van der Waals surface area contributed by atoms with E-state index in [1.54, 1.807) is 11.8 Å². The summed E-state index contributed by atoms with van der Waals surface area (Å²) in [7, 11) is 0. The van der Waals surface area contributed by atoms with E-state index >= 15 is 0 Å². The number of hydrogen-bond donors (Lipinski definition) is 0. The highest BCUT2D eigenvalue weighted by atomic mass is 32.2. The first-order chi connectivity index (χ1) is 4.33. The van der Waals surface area contributed by atoms with Crippen molar-refractivity contribution in [1.29, 1.82) is 0 Å². The third-order valence-electron chi connectivity index (χ3n) is 1.16. The molecule has 1 rings (SSSR count). The van der Waals surface area contributed by atoms with Gasteiger partial charge in [-0.15, -0.1) is 11.8 Å². The van der Waals surface area contributed by atoms with Crippen LogP contribution in [0.4, 0.5) is 0 Å². The summed E-state index contributed by atoms with van der Waals surface area (Å²) in [6.45, 7) is 3.79. The predicted octanol–water partition coefficient (Wildman–Crippen LogP) is 2.59. The van der Waals surface area contributed by atoms with Crippen molar-refractivity contribution in [2.75, 3.05) is 6.26 Å². The fraction of sp³-hybridized carbons (Fsp3) is 0.125. The van der Waals surface area contributed by atoms with Gasteiger partial charge in [0.2, 0.25) is 0 Å². The molecule has 1 aromatic carbocycles. The number of benzene rings is 1. The molecule has 9 heavy (non-hydrogen) atoms. The topological polar surface area (TPSA) is 0 Å². The molecular weight excluding hydrogens is 128 g/mol. The lowest BCUT2D eigenvalue weighted by Crippen LogP contribution is -1.70. The monoisotopic (exact) mass is 137 g/mol. The van der Waals surface area contributed by atoms with Gasteiger partial charge in [-0.3, -0.25) is 0 Å². The zero-order chi connectivity index (χ0) is 6.69. The van der Waals surface area contributed by atoms with Gasteiger partial charge in [-0.05, 0) is 30.9 Å². The summed E-state index contributed by atoms with van der Waals surface area (Å²) < 4.78 is 0. The fourth-order valence-electron chi connectivity index (χ4n) is 0.626. The van der Waals surface area contributed by atoms with E-state index < -0.39 is 0 Å². The van der Waals surface area contributed by atoms with Crippen LogP contribution >= 0.6 is 11.8 Å². The SMILES string of the molecule is [CH2]c1ccc(SC)cc1. The Hall–Kier alpha value is -0.430. The van der Waals surface area contributed by atoms with E-state index in [9.17, 15) is 0 Å². The maximum atomic E-state index is 3.79. The van der Waals surface area contributed by atoms with Gasteiger partial charge in [0.05, 0.1) is 0 Å². The van der Waals surface area contributed by atoms with Crippen LogP contribution in [0.25, 0.3) is 0 Å². The molecule has 1 heteroatoms. The molecule has 0 heterocycles. The summed E-state index contributed by atoms with van der Waals surface area (Å²) in [5, 5.41) is 0. The standard InChI is InChI=1S/C8H9S/c1-7-3-5-8(9-2)6-4-7/h3-6H,1H2,2H3. The Morgan fingerprint density at radius 1 is 1.22 bits per heavy atom. The van der Waals surface area contributed by atoms with E-state index in [2.05, 4.69) is 25.3 Å². The molecule has 0 aliphatic rings. The van der Waals surface area contributed by atoms with Gasteiger partial charge in [0.1, 0.15) is 0 Å². The summed E-state index contributed by atoms with van der Waals surface area (Å²) in [6.07, 6.45) is 2.07. The van der Waals surface area contributed by atoms with Crippen LogP contribution in [-0.2, 0) is 0 Å². The van der Waals surface area contributed by atoms with E-state index in [0.29, 0.717) is 0 Å². The van der Waals surface area contributed by atoms with Crippen molar-refractivity contribution < 1.29 is 0 Å². The van der Waals surface area contributed by atoms with Gasteiger partial charge in [0.15, 0.2) is 0 Å². The summed E-state index contributed by atoms with van der Waals surface area (Å²) in [5.41, 5.74) is 1.08. The van der Waals surface area contributed by atoms with Crippen molar-refractivity contribution in [2.45, 2.75) is 4.90 Å². The Kier molecular flexibility index (Phi) is 2.17. The van der Waals surface area contributed by atoms with Gasteiger partial charge in [0, 0.05) is 4.90 Å². The van der Waals surface area contributed by atoms with Crippen LogP contribution < -0.4 is 0 Å². The second-order valence-corrected chi connectivity index (χ2v) is 2.73.